The van der Waals surface area contributed by atoms with E-state index >= 15 is 0 Å². The van der Waals surface area contributed by atoms with Crippen molar-refractivity contribution in [3.05, 3.63) is 24.3 Å². The van der Waals surface area contributed by atoms with Crippen molar-refractivity contribution in [1.82, 2.24) is 14.9 Å². The van der Waals surface area contributed by atoms with Gasteiger partial charge in [-0.2, -0.15) is 0 Å². The maximum Gasteiger partial charge on any atom is 0.404 e. The average molecular weight is 251 g/mol. The van der Waals surface area contributed by atoms with Crippen molar-refractivity contribution >= 4 is 11.7 Å². The third-order valence-electron chi connectivity index (χ3n) is 2.94. The maximum absolute atomic E-state index is 10.6. The Hall–Kier alpha value is -1.82. The molecular formula is C12H17N3O3. The van der Waals surface area contributed by atoms with E-state index in [4.69, 9.17) is 5.11 Å². The minimum Gasteiger partial charge on any atom is -0.465 e. The summed E-state index contributed by atoms with van der Waals surface area (Å²) < 4.78 is 1.89. The summed E-state index contributed by atoms with van der Waals surface area (Å²) in [5, 5.41) is 20.6. The minimum atomic E-state index is -0.993. The highest BCUT2D eigenvalue weighted by molar-refractivity contribution is 5.69. The third-order valence-corrected chi connectivity index (χ3v) is 2.94. The van der Waals surface area contributed by atoms with Gasteiger partial charge in [-0.15, -0.1) is 0 Å². The van der Waals surface area contributed by atoms with Crippen LogP contribution in [-0.4, -0.2) is 38.0 Å². The highest BCUT2D eigenvalue weighted by Gasteiger charge is 2.21. The molecule has 6 nitrogen and oxygen atoms in total. The number of aliphatic hydroxyl groups is 1. The smallest absolute Gasteiger partial charge is 0.404 e. The average Bonchev–Trinajstić information content (AvgIpc) is 2.85. The Morgan fingerprint density at radius 2 is 2.50 bits per heavy atom. The molecule has 0 bridgehead atoms. The molecule has 1 aliphatic carbocycles. The molecule has 1 amide bonds. The first-order valence-corrected chi connectivity index (χ1v) is 5.93. The van der Waals surface area contributed by atoms with Crippen LogP contribution in [0, 0.1) is 0 Å². The summed E-state index contributed by atoms with van der Waals surface area (Å²) in [5.74, 6) is 0. The van der Waals surface area contributed by atoms with Gasteiger partial charge >= 0.3 is 6.09 Å². The zero-order chi connectivity index (χ0) is 13.1. The van der Waals surface area contributed by atoms with Gasteiger partial charge in [0, 0.05) is 12.6 Å². The fourth-order valence-electron chi connectivity index (χ4n) is 2.23. The summed E-state index contributed by atoms with van der Waals surface area (Å²) in [5.41, 5.74) is 2.03. The van der Waals surface area contributed by atoms with Crippen molar-refractivity contribution in [3.63, 3.8) is 0 Å². The second-order valence-corrected chi connectivity index (χ2v) is 4.60. The van der Waals surface area contributed by atoms with Crippen LogP contribution in [0.25, 0.3) is 5.57 Å². The van der Waals surface area contributed by atoms with E-state index in [1.54, 1.807) is 19.4 Å². The number of nitrogens with one attached hydrogen (secondary N) is 1. The molecule has 1 aliphatic rings. The van der Waals surface area contributed by atoms with Gasteiger partial charge in [-0.05, 0) is 25.3 Å². The highest BCUT2D eigenvalue weighted by Crippen LogP contribution is 2.28. The van der Waals surface area contributed by atoms with Gasteiger partial charge < -0.3 is 20.1 Å². The zero-order valence-electron chi connectivity index (χ0n) is 10.2. The Bertz CT molecular complexity index is 465. The van der Waals surface area contributed by atoms with Crippen LogP contribution in [0.15, 0.2) is 18.6 Å². The van der Waals surface area contributed by atoms with Gasteiger partial charge in [0.1, 0.15) is 0 Å². The van der Waals surface area contributed by atoms with Crippen LogP contribution in [0.2, 0.25) is 0 Å². The summed E-state index contributed by atoms with van der Waals surface area (Å²) in [7, 11) is 0. The zero-order valence-corrected chi connectivity index (χ0v) is 10.2. The van der Waals surface area contributed by atoms with Crippen molar-refractivity contribution in [1.29, 1.82) is 0 Å². The van der Waals surface area contributed by atoms with Gasteiger partial charge in [-0.1, -0.05) is 6.08 Å². The van der Waals surface area contributed by atoms with Crippen molar-refractivity contribution in [3.8, 4) is 0 Å². The predicted molar refractivity (Wildman–Crippen MR) is 66.1 cm³/mol. The molecule has 98 valence electrons. The second kappa shape index (κ2) is 5.22. The number of hydrogen-bond donors (Lipinski definition) is 3. The van der Waals surface area contributed by atoms with E-state index in [1.807, 2.05) is 10.6 Å². The van der Waals surface area contributed by atoms with E-state index in [0.29, 0.717) is 19.4 Å². The van der Waals surface area contributed by atoms with Crippen molar-refractivity contribution in [2.75, 3.05) is 0 Å². The van der Waals surface area contributed by atoms with Gasteiger partial charge in [0.05, 0.1) is 24.3 Å². The Balaban J connectivity index is 2.05. The molecule has 1 aromatic heterocycles. The van der Waals surface area contributed by atoms with E-state index in [1.165, 1.54) is 0 Å². The van der Waals surface area contributed by atoms with E-state index < -0.39 is 12.2 Å². The topological polar surface area (TPSA) is 87.4 Å². The molecule has 1 heterocycles. The Morgan fingerprint density at radius 1 is 1.72 bits per heavy atom. The van der Waals surface area contributed by atoms with Crippen LogP contribution in [0.5, 0.6) is 0 Å². The second-order valence-electron chi connectivity index (χ2n) is 4.60. The molecule has 18 heavy (non-hydrogen) atoms. The van der Waals surface area contributed by atoms with Crippen molar-refractivity contribution < 1.29 is 15.0 Å². The number of rotatable bonds is 4. The first kappa shape index (κ1) is 12.6. The molecule has 0 fully saturated rings. The van der Waals surface area contributed by atoms with Crippen LogP contribution in [0.4, 0.5) is 4.79 Å². The van der Waals surface area contributed by atoms with Gasteiger partial charge in [-0.25, -0.2) is 9.78 Å². The normalized spacial score (nSPS) is 20.6. The van der Waals surface area contributed by atoms with Crippen LogP contribution >= 0.6 is 0 Å². The lowest BCUT2D eigenvalue weighted by molar-refractivity contribution is 0.173. The van der Waals surface area contributed by atoms with E-state index in [-0.39, 0.29) is 6.04 Å². The summed E-state index contributed by atoms with van der Waals surface area (Å²) >= 11 is 0. The summed E-state index contributed by atoms with van der Waals surface area (Å²) in [6.45, 7) is 2.21. The van der Waals surface area contributed by atoms with Crippen LogP contribution in [0.3, 0.4) is 0 Å². The number of aromatic nitrogens is 2. The van der Waals surface area contributed by atoms with Crippen molar-refractivity contribution in [2.24, 2.45) is 0 Å². The quantitative estimate of drug-likeness (QED) is 0.747. The molecule has 0 spiro atoms. The molecule has 0 saturated heterocycles. The van der Waals surface area contributed by atoms with E-state index in [2.05, 4.69) is 10.3 Å². The lowest BCUT2D eigenvalue weighted by atomic mass is 10.1. The standard InChI is InChI=1S/C12H17N3O3/c1-8(16)6-15-7-13-5-11(15)9-2-3-10(4-9)14-12(17)18/h2,5,7-8,10,14,16H,3-4,6H2,1H3,(H,17,18). The minimum absolute atomic E-state index is 0.0626. The first-order chi connectivity index (χ1) is 8.56. The number of carboxylic acid groups (broad SMARTS) is 1. The molecule has 2 atom stereocenters. The molecule has 0 saturated carbocycles. The van der Waals surface area contributed by atoms with Crippen LogP contribution < -0.4 is 5.32 Å². The molecule has 6 heteroatoms. The number of carbonyl (C=O) groups is 1. The molecule has 3 N–H and O–H groups in total. The molecular weight excluding hydrogens is 234 g/mol. The lowest BCUT2D eigenvalue weighted by Crippen LogP contribution is -2.31. The Morgan fingerprint density at radius 3 is 3.17 bits per heavy atom. The summed E-state index contributed by atoms with van der Waals surface area (Å²) in [6, 6.07) is -0.0626. The largest absolute Gasteiger partial charge is 0.465 e. The van der Waals surface area contributed by atoms with E-state index in [0.717, 1.165) is 11.3 Å². The van der Waals surface area contributed by atoms with Gasteiger partial charge in [-0.3, -0.25) is 0 Å². The van der Waals surface area contributed by atoms with Gasteiger partial charge in [0.25, 0.3) is 0 Å². The van der Waals surface area contributed by atoms with Gasteiger partial charge in [0.15, 0.2) is 0 Å². The highest BCUT2D eigenvalue weighted by atomic mass is 16.4. The van der Waals surface area contributed by atoms with Crippen molar-refractivity contribution in [2.45, 2.75) is 38.5 Å². The molecule has 0 radical (unpaired) electrons. The Labute approximate surface area is 105 Å². The number of aliphatic hydroxyl groups excluding tert-OH is 1. The van der Waals surface area contributed by atoms with E-state index in [9.17, 15) is 9.90 Å². The number of nitrogens with zero attached hydrogens (tertiary/aromatic N) is 2. The van der Waals surface area contributed by atoms with Crippen LogP contribution in [-0.2, 0) is 6.54 Å². The number of amides is 1. The monoisotopic (exact) mass is 251 g/mol. The summed E-state index contributed by atoms with van der Waals surface area (Å²) in [6.07, 6.45) is 5.38. The maximum atomic E-state index is 10.6. The Kier molecular flexibility index (Phi) is 3.66. The fraction of sp³-hybridized carbons (Fsp3) is 0.500. The lowest BCUT2D eigenvalue weighted by Gasteiger charge is -2.12. The van der Waals surface area contributed by atoms with Gasteiger partial charge in [0.2, 0.25) is 0 Å². The number of imidazole rings is 1. The molecule has 0 aromatic carbocycles. The number of hydrogen-bond acceptors (Lipinski definition) is 3. The SMILES string of the molecule is CC(O)Cn1cncc1C1=CCC(NC(=O)O)C1. The molecule has 1 aromatic rings. The third kappa shape index (κ3) is 2.89. The molecule has 2 rings (SSSR count). The summed E-state index contributed by atoms with van der Waals surface area (Å²) in [4.78, 5) is 14.7. The fourth-order valence-corrected chi connectivity index (χ4v) is 2.23. The van der Waals surface area contributed by atoms with Crippen LogP contribution in [0.1, 0.15) is 25.5 Å². The molecule has 0 aliphatic heterocycles. The molecule has 2 unspecified atom stereocenters. The predicted octanol–water partition coefficient (Wildman–Crippen LogP) is 1.08. The first-order valence-electron chi connectivity index (χ1n) is 5.93.